The maximum atomic E-state index is 12.6. The van der Waals surface area contributed by atoms with E-state index in [9.17, 15) is 14.7 Å². The molecule has 1 aromatic carbocycles. The van der Waals surface area contributed by atoms with Gasteiger partial charge in [-0.15, -0.1) is 0 Å². The van der Waals surface area contributed by atoms with Gasteiger partial charge in [0.15, 0.2) is 0 Å². The number of hydrogen-bond donors (Lipinski definition) is 2. The highest BCUT2D eigenvalue weighted by molar-refractivity contribution is 6.11. The molecule has 1 saturated heterocycles. The molecule has 7 rings (SSSR count). The molecule has 3 aromatic rings. The smallest absolute Gasteiger partial charge is 0.250 e. The summed E-state index contributed by atoms with van der Waals surface area (Å²) in [4.78, 5) is 38.1. The van der Waals surface area contributed by atoms with E-state index in [-0.39, 0.29) is 12.0 Å². The van der Waals surface area contributed by atoms with Gasteiger partial charge in [0.25, 0.3) is 5.91 Å². The number of rotatable bonds is 5. The van der Waals surface area contributed by atoms with E-state index in [1.54, 1.807) is 13.1 Å². The number of primary amides is 1. The molecule has 9 nitrogen and oxygen atoms in total. The Morgan fingerprint density at radius 3 is 2.58 bits per heavy atom. The van der Waals surface area contributed by atoms with Crippen LogP contribution in [0.3, 0.4) is 0 Å². The van der Waals surface area contributed by atoms with Crippen LogP contribution in [0.4, 0.5) is 5.69 Å². The SMILES string of the molecule is CC(=O)N1CCN(c2cccc3c2c(C(N)=O)cn3-c2ccnc(CC34CC3C43CCC(O)CC3)n2)CC1. The number of carbonyl (C=O) groups is 2. The Morgan fingerprint density at radius 2 is 1.89 bits per heavy atom. The summed E-state index contributed by atoms with van der Waals surface area (Å²) in [5, 5.41) is 10.8. The summed E-state index contributed by atoms with van der Waals surface area (Å²) in [6, 6.07) is 7.90. The molecule has 9 heteroatoms. The van der Waals surface area contributed by atoms with Gasteiger partial charge in [-0.3, -0.25) is 9.59 Å². The second kappa shape index (κ2) is 8.27. The van der Waals surface area contributed by atoms with E-state index in [1.807, 2.05) is 39.9 Å². The molecule has 38 heavy (non-hydrogen) atoms. The van der Waals surface area contributed by atoms with Crippen molar-refractivity contribution < 1.29 is 14.7 Å². The number of anilines is 1. The molecule has 3 saturated carbocycles. The summed E-state index contributed by atoms with van der Waals surface area (Å²) in [5.74, 6) is 1.94. The molecule has 1 aliphatic heterocycles. The highest BCUT2D eigenvalue weighted by Crippen LogP contribution is 2.92. The molecule has 3 N–H and O–H groups in total. The maximum absolute atomic E-state index is 12.6. The highest BCUT2D eigenvalue weighted by Gasteiger charge is 2.87. The lowest BCUT2D eigenvalue weighted by molar-refractivity contribution is -0.129. The minimum Gasteiger partial charge on any atom is -0.393 e. The molecule has 198 valence electrons. The van der Waals surface area contributed by atoms with E-state index in [0.29, 0.717) is 42.6 Å². The number of nitrogens with two attached hydrogens (primary N) is 1. The van der Waals surface area contributed by atoms with Crippen LogP contribution in [0.5, 0.6) is 0 Å². The van der Waals surface area contributed by atoms with Crippen LogP contribution in [0.2, 0.25) is 0 Å². The second-order valence-electron chi connectivity index (χ2n) is 11.7. The Morgan fingerprint density at radius 1 is 1.13 bits per heavy atom. The van der Waals surface area contributed by atoms with Gasteiger partial charge in [-0.1, -0.05) is 6.07 Å². The highest BCUT2D eigenvalue weighted by atomic mass is 16.3. The van der Waals surface area contributed by atoms with E-state index < -0.39 is 5.91 Å². The number of aliphatic hydroxyl groups excluding tert-OH is 1. The number of amides is 2. The van der Waals surface area contributed by atoms with Crippen molar-refractivity contribution >= 4 is 28.4 Å². The zero-order chi connectivity index (χ0) is 26.2. The fourth-order valence-corrected chi connectivity index (χ4v) is 7.81. The standard InChI is InChI=1S/C29H34N6O3/c1-18(36)33-11-13-34(14-12-33)21-3-2-4-22-26(21)20(27(30)38)17-35(22)25-7-10-31-24(32-25)16-29-15-23(29)28(29)8-5-19(37)6-9-28/h2-4,7,10,17,19,23,37H,5-6,8-9,11-16H2,1H3,(H2,30,38). The van der Waals surface area contributed by atoms with Gasteiger partial charge in [0.2, 0.25) is 5.91 Å². The van der Waals surface area contributed by atoms with Crippen molar-refractivity contribution in [1.82, 2.24) is 19.4 Å². The second-order valence-corrected chi connectivity index (χ2v) is 11.7. The number of carbonyl (C=O) groups excluding carboxylic acids is 2. The van der Waals surface area contributed by atoms with E-state index in [0.717, 1.165) is 66.3 Å². The molecule has 3 heterocycles. The number of piperazine rings is 1. The number of fused-ring (bicyclic) bond motifs is 4. The molecule has 2 aromatic heterocycles. The van der Waals surface area contributed by atoms with Crippen molar-refractivity contribution in [2.45, 2.75) is 51.6 Å². The van der Waals surface area contributed by atoms with Crippen LogP contribution in [-0.2, 0) is 11.2 Å². The fourth-order valence-electron chi connectivity index (χ4n) is 7.81. The first-order chi connectivity index (χ1) is 18.3. The Balaban J connectivity index is 1.21. The van der Waals surface area contributed by atoms with Crippen molar-refractivity contribution in [3.8, 4) is 5.82 Å². The van der Waals surface area contributed by atoms with Crippen molar-refractivity contribution in [2.24, 2.45) is 22.5 Å². The lowest BCUT2D eigenvalue weighted by Gasteiger charge is -2.36. The molecule has 1 spiro atoms. The van der Waals surface area contributed by atoms with Crippen molar-refractivity contribution in [3.05, 3.63) is 48.0 Å². The molecule has 0 radical (unpaired) electrons. The molecular weight excluding hydrogens is 480 g/mol. The summed E-state index contributed by atoms with van der Waals surface area (Å²) < 4.78 is 1.96. The summed E-state index contributed by atoms with van der Waals surface area (Å²) in [5.41, 5.74) is 8.88. The number of nitrogens with zero attached hydrogens (tertiary/aromatic N) is 5. The molecule has 3 aliphatic carbocycles. The first-order valence-electron chi connectivity index (χ1n) is 13.8. The van der Waals surface area contributed by atoms with Crippen LogP contribution in [0.1, 0.15) is 55.2 Å². The van der Waals surface area contributed by atoms with Gasteiger partial charge in [0.1, 0.15) is 11.6 Å². The van der Waals surface area contributed by atoms with Gasteiger partial charge in [0.05, 0.1) is 17.2 Å². The van der Waals surface area contributed by atoms with Gasteiger partial charge in [0, 0.05) is 63.0 Å². The quantitative estimate of drug-likeness (QED) is 0.541. The van der Waals surface area contributed by atoms with Gasteiger partial charge in [-0.25, -0.2) is 9.97 Å². The molecule has 0 bridgehead atoms. The minimum atomic E-state index is -0.475. The van der Waals surface area contributed by atoms with Crippen LogP contribution in [0.15, 0.2) is 36.7 Å². The lowest BCUT2D eigenvalue weighted by atomic mass is 9.73. The summed E-state index contributed by atoms with van der Waals surface area (Å²) in [7, 11) is 0. The first kappa shape index (κ1) is 23.6. The summed E-state index contributed by atoms with van der Waals surface area (Å²) in [6.07, 6.45) is 9.65. The molecule has 2 atom stereocenters. The molecule has 4 aliphatic rings. The predicted octanol–water partition coefficient (Wildman–Crippen LogP) is 2.67. The third-order valence-electron chi connectivity index (χ3n) is 10.0. The van der Waals surface area contributed by atoms with Crippen LogP contribution >= 0.6 is 0 Å². The van der Waals surface area contributed by atoms with E-state index in [1.165, 1.54) is 6.42 Å². The predicted molar refractivity (Wildman–Crippen MR) is 143 cm³/mol. The van der Waals surface area contributed by atoms with Crippen LogP contribution in [0, 0.1) is 16.7 Å². The number of aromatic nitrogens is 3. The van der Waals surface area contributed by atoms with Crippen molar-refractivity contribution in [1.29, 1.82) is 0 Å². The van der Waals surface area contributed by atoms with Gasteiger partial charge < -0.3 is 25.2 Å². The minimum absolute atomic E-state index is 0.0849. The fraction of sp³-hybridized carbons (Fsp3) is 0.517. The topological polar surface area (TPSA) is 118 Å². The molecular formula is C29H34N6O3. The monoisotopic (exact) mass is 514 g/mol. The average Bonchev–Trinajstić information content (AvgIpc) is 3.70. The van der Waals surface area contributed by atoms with E-state index in [2.05, 4.69) is 9.88 Å². The lowest BCUT2D eigenvalue weighted by Crippen LogP contribution is -2.48. The average molecular weight is 515 g/mol. The Kier molecular flexibility index (Phi) is 5.14. The molecule has 4 fully saturated rings. The zero-order valence-electron chi connectivity index (χ0n) is 21.8. The van der Waals surface area contributed by atoms with Crippen LogP contribution in [0.25, 0.3) is 16.7 Å². The number of hydrogen-bond acceptors (Lipinski definition) is 6. The summed E-state index contributed by atoms with van der Waals surface area (Å²) >= 11 is 0. The maximum Gasteiger partial charge on any atom is 0.250 e. The first-order valence-corrected chi connectivity index (χ1v) is 13.8. The van der Waals surface area contributed by atoms with Gasteiger partial charge in [-0.05, 0) is 67.1 Å². The molecule has 2 amide bonds. The Bertz CT molecular complexity index is 1450. The van der Waals surface area contributed by atoms with E-state index >= 15 is 0 Å². The molecule has 2 unspecified atom stereocenters. The van der Waals surface area contributed by atoms with Crippen molar-refractivity contribution in [3.63, 3.8) is 0 Å². The van der Waals surface area contributed by atoms with Crippen LogP contribution < -0.4 is 10.6 Å². The van der Waals surface area contributed by atoms with E-state index in [4.69, 9.17) is 10.7 Å². The van der Waals surface area contributed by atoms with Gasteiger partial charge in [-0.2, -0.15) is 0 Å². The number of aliphatic hydroxyl groups is 1. The van der Waals surface area contributed by atoms with Crippen LogP contribution in [-0.4, -0.2) is 68.6 Å². The Hall–Kier alpha value is -3.46. The zero-order valence-corrected chi connectivity index (χ0v) is 21.8. The summed E-state index contributed by atoms with van der Waals surface area (Å²) in [6.45, 7) is 4.29. The largest absolute Gasteiger partial charge is 0.393 e. The Labute approximate surface area is 221 Å². The normalized spacial score (nSPS) is 29.9. The van der Waals surface area contributed by atoms with Gasteiger partial charge >= 0.3 is 0 Å². The number of benzene rings is 1. The van der Waals surface area contributed by atoms with Crippen molar-refractivity contribution in [2.75, 3.05) is 31.1 Å². The third-order valence-corrected chi connectivity index (χ3v) is 10.0. The third kappa shape index (κ3) is 3.40.